The first-order chi connectivity index (χ1) is 17.8. The third-order valence-corrected chi connectivity index (χ3v) is 6.25. The van der Waals surface area contributed by atoms with Crippen molar-refractivity contribution in [2.45, 2.75) is 78.1 Å². The molecule has 0 aromatic heterocycles. The maximum absolute atomic E-state index is 14.1. The Kier molecular flexibility index (Phi) is 8.91. The topological polar surface area (TPSA) is 117 Å². The zero-order valence-electron chi connectivity index (χ0n) is 23.2. The quantitative estimate of drug-likeness (QED) is 0.427. The van der Waals surface area contributed by atoms with Gasteiger partial charge < -0.3 is 30.1 Å². The Morgan fingerprint density at radius 1 is 1.05 bits per heavy atom. The van der Waals surface area contributed by atoms with E-state index in [0.717, 1.165) is 0 Å². The normalized spacial score (nSPS) is 14.8. The second kappa shape index (κ2) is 11.8. The molecular weight excluding hydrogens is 486 g/mol. The number of carbonyl (C=O) groups is 3. The van der Waals surface area contributed by atoms with Gasteiger partial charge in [-0.2, -0.15) is 0 Å². The molecule has 0 bridgehead atoms. The molecule has 2 unspecified atom stereocenters. The average Bonchev–Trinajstić information content (AvgIpc) is 3.67. The fourth-order valence-electron chi connectivity index (χ4n) is 4.18. The number of amides is 3. The van der Waals surface area contributed by atoms with E-state index in [-0.39, 0.29) is 17.7 Å². The number of hydrogen-bond acceptors (Lipinski definition) is 6. The first-order valence-corrected chi connectivity index (χ1v) is 12.9. The fourth-order valence-corrected chi connectivity index (χ4v) is 4.18. The van der Waals surface area contributed by atoms with Crippen molar-refractivity contribution in [3.05, 3.63) is 53.6 Å². The van der Waals surface area contributed by atoms with E-state index in [4.69, 9.17) is 9.47 Å². The molecule has 0 saturated heterocycles. The van der Waals surface area contributed by atoms with Crippen molar-refractivity contribution in [3.8, 4) is 11.5 Å². The number of hydrogen-bond donors (Lipinski definition) is 3. The number of ether oxygens (including phenoxy) is 2. The number of para-hydroxylation sites is 1. The lowest BCUT2D eigenvalue weighted by molar-refractivity contribution is -0.142. The molecule has 1 aliphatic carbocycles. The van der Waals surface area contributed by atoms with Crippen LogP contribution in [0, 0.1) is 12.8 Å². The molecule has 206 valence electrons. The number of phenols is 1. The highest BCUT2D eigenvalue weighted by molar-refractivity contribution is 5.99. The van der Waals surface area contributed by atoms with Crippen LogP contribution in [0.3, 0.4) is 0 Å². The number of rotatable bonds is 9. The highest BCUT2D eigenvalue weighted by Gasteiger charge is 2.45. The predicted molar refractivity (Wildman–Crippen MR) is 145 cm³/mol. The fraction of sp³-hybridized carbons (Fsp3) is 0.483. The van der Waals surface area contributed by atoms with Crippen molar-refractivity contribution in [1.82, 2.24) is 10.2 Å². The molecule has 2 aromatic carbocycles. The molecule has 3 rings (SSSR count). The third kappa shape index (κ3) is 7.18. The largest absolute Gasteiger partial charge is 0.507 e. The van der Waals surface area contributed by atoms with E-state index in [9.17, 15) is 19.5 Å². The van der Waals surface area contributed by atoms with Gasteiger partial charge >= 0.3 is 6.09 Å². The van der Waals surface area contributed by atoms with E-state index >= 15 is 0 Å². The predicted octanol–water partition coefficient (Wildman–Crippen LogP) is 4.93. The van der Waals surface area contributed by atoms with E-state index < -0.39 is 35.6 Å². The van der Waals surface area contributed by atoms with E-state index in [1.165, 1.54) is 4.90 Å². The number of aromatic hydroxyl groups is 1. The van der Waals surface area contributed by atoms with Gasteiger partial charge in [0.2, 0.25) is 5.91 Å². The number of anilines is 1. The van der Waals surface area contributed by atoms with Gasteiger partial charge in [-0.15, -0.1) is 0 Å². The van der Waals surface area contributed by atoms with E-state index in [1.807, 2.05) is 13.8 Å². The lowest BCUT2D eigenvalue weighted by Crippen LogP contribution is -2.55. The summed E-state index contributed by atoms with van der Waals surface area (Å²) >= 11 is 0. The minimum atomic E-state index is -1.13. The summed E-state index contributed by atoms with van der Waals surface area (Å²) in [7, 11) is 1.56. The molecule has 0 spiro atoms. The molecular formula is C29H39N3O6. The molecule has 1 fully saturated rings. The molecule has 0 heterocycles. The van der Waals surface area contributed by atoms with Gasteiger partial charge in [0, 0.05) is 17.3 Å². The molecule has 1 saturated carbocycles. The Labute approximate surface area is 224 Å². The number of carbonyl (C=O) groups excluding carboxylic acids is 3. The van der Waals surface area contributed by atoms with Crippen molar-refractivity contribution in [3.63, 3.8) is 0 Å². The number of alkyl carbamates (subject to hydrolysis) is 1. The van der Waals surface area contributed by atoms with Crippen LogP contribution in [0.5, 0.6) is 11.5 Å². The van der Waals surface area contributed by atoms with Crippen LogP contribution in [-0.2, 0) is 14.3 Å². The van der Waals surface area contributed by atoms with Gasteiger partial charge in [0.05, 0.1) is 7.11 Å². The molecule has 2 aromatic rings. The summed E-state index contributed by atoms with van der Waals surface area (Å²) in [5.74, 6) is -0.589. The van der Waals surface area contributed by atoms with Gasteiger partial charge in [-0.25, -0.2) is 4.79 Å². The smallest absolute Gasteiger partial charge is 0.408 e. The molecule has 2 atom stereocenters. The van der Waals surface area contributed by atoms with Crippen molar-refractivity contribution in [2.24, 2.45) is 5.92 Å². The molecule has 9 nitrogen and oxygen atoms in total. The van der Waals surface area contributed by atoms with E-state index in [0.29, 0.717) is 35.4 Å². The minimum absolute atomic E-state index is 0.0537. The Bertz CT molecular complexity index is 1150. The molecule has 0 aliphatic heterocycles. The monoisotopic (exact) mass is 525 g/mol. The summed E-state index contributed by atoms with van der Waals surface area (Å²) in [5.41, 5.74) is 0.679. The average molecular weight is 526 g/mol. The number of aryl methyl sites for hydroxylation is 1. The van der Waals surface area contributed by atoms with Gasteiger partial charge in [0.15, 0.2) is 0 Å². The molecule has 0 radical (unpaired) electrons. The summed E-state index contributed by atoms with van der Waals surface area (Å²) < 4.78 is 10.6. The number of benzene rings is 2. The van der Waals surface area contributed by atoms with Crippen molar-refractivity contribution < 1.29 is 29.0 Å². The van der Waals surface area contributed by atoms with Gasteiger partial charge in [0.1, 0.15) is 29.2 Å². The number of nitrogens with one attached hydrogen (secondary N) is 2. The van der Waals surface area contributed by atoms with E-state index in [2.05, 4.69) is 10.6 Å². The van der Waals surface area contributed by atoms with Crippen molar-refractivity contribution in [2.75, 3.05) is 12.4 Å². The summed E-state index contributed by atoms with van der Waals surface area (Å²) in [6, 6.07) is 9.70. The maximum atomic E-state index is 14.1. The Morgan fingerprint density at radius 3 is 2.21 bits per heavy atom. The SMILES string of the molecule is COc1ccc(NC(=O)C(c2cccc(C)c2O)N(C(=O)C(NC(=O)OC(C)(C)C)C(C)C)C2CC2)cc1. The van der Waals surface area contributed by atoms with Crippen LogP contribution in [-0.4, -0.2) is 52.7 Å². The highest BCUT2D eigenvalue weighted by Crippen LogP contribution is 2.40. The van der Waals surface area contributed by atoms with Crippen LogP contribution in [0.15, 0.2) is 42.5 Å². The van der Waals surface area contributed by atoms with Crippen LogP contribution < -0.4 is 15.4 Å². The highest BCUT2D eigenvalue weighted by atomic mass is 16.6. The summed E-state index contributed by atoms with van der Waals surface area (Å²) in [5, 5.41) is 16.6. The second-order valence-corrected chi connectivity index (χ2v) is 11.0. The standard InChI is InChI=1S/C29H39N3O6/c1-17(2)23(31-28(36)38-29(4,5)6)27(35)32(20-13-14-20)24(22-10-8-9-18(3)25(22)33)26(34)30-19-11-15-21(37-7)16-12-19/h8-12,15-17,20,23-24,33H,13-14H2,1-7H3,(H,30,34)(H,31,36). The van der Waals surface area contributed by atoms with Crippen LogP contribution in [0.2, 0.25) is 0 Å². The maximum Gasteiger partial charge on any atom is 0.408 e. The van der Waals surface area contributed by atoms with Crippen LogP contribution in [0.1, 0.15) is 64.6 Å². The zero-order chi connectivity index (χ0) is 28.2. The molecule has 9 heteroatoms. The molecule has 3 N–H and O–H groups in total. The lowest BCUT2D eigenvalue weighted by Gasteiger charge is -2.36. The summed E-state index contributed by atoms with van der Waals surface area (Å²) in [6.45, 7) is 10.6. The summed E-state index contributed by atoms with van der Waals surface area (Å²) in [6.07, 6.45) is 0.710. The molecule has 38 heavy (non-hydrogen) atoms. The zero-order valence-corrected chi connectivity index (χ0v) is 23.2. The minimum Gasteiger partial charge on any atom is -0.507 e. The van der Waals surface area contributed by atoms with Crippen molar-refractivity contribution >= 4 is 23.6 Å². The van der Waals surface area contributed by atoms with Crippen LogP contribution in [0.25, 0.3) is 0 Å². The summed E-state index contributed by atoms with van der Waals surface area (Å²) in [4.78, 5) is 42.1. The molecule has 3 amide bonds. The Morgan fingerprint density at radius 2 is 1.68 bits per heavy atom. The van der Waals surface area contributed by atoms with Gasteiger partial charge in [-0.3, -0.25) is 9.59 Å². The number of nitrogens with zero attached hydrogens (tertiary/aromatic N) is 1. The van der Waals surface area contributed by atoms with Gasteiger partial charge in [-0.05, 0) is 76.3 Å². The van der Waals surface area contributed by atoms with E-state index in [1.54, 1.807) is 77.3 Å². The first-order valence-electron chi connectivity index (χ1n) is 12.9. The Balaban J connectivity index is 2.01. The molecule has 1 aliphatic rings. The Hall–Kier alpha value is -3.75. The number of phenolic OH excluding ortho intramolecular Hbond substituents is 1. The van der Waals surface area contributed by atoms with Gasteiger partial charge in [0.25, 0.3) is 5.91 Å². The van der Waals surface area contributed by atoms with Crippen molar-refractivity contribution in [1.29, 1.82) is 0 Å². The second-order valence-electron chi connectivity index (χ2n) is 11.0. The first kappa shape index (κ1) is 28.8. The number of methoxy groups -OCH3 is 1. The van der Waals surface area contributed by atoms with Crippen LogP contribution in [0.4, 0.5) is 10.5 Å². The van der Waals surface area contributed by atoms with Gasteiger partial charge in [-0.1, -0.05) is 32.0 Å². The third-order valence-electron chi connectivity index (χ3n) is 6.25. The lowest BCUT2D eigenvalue weighted by atomic mass is 9.96. The van der Waals surface area contributed by atoms with Crippen LogP contribution >= 0.6 is 0 Å².